The Balaban J connectivity index is 1.31. The molecule has 7 rings (SSSR count). The largest absolute Gasteiger partial charge is 0.491 e. The average Bonchev–Trinajstić information content (AvgIpc) is 3.67. The highest BCUT2D eigenvalue weighted by atomic mass is 35.5. The smallest absolute Gasteiger partial charge is 0.286 e. The molecule has 2 bridgehead atoms. The Labute approximate surface area is 299 Å². The van der Waals surface area contributed by atoms with Crippen LogP contribution in [0.3, 0.4) is 0 Å². The van der Waals surface area contributed by atoms with Gasteiger partial charge < -0.3 is 14.4 Å². The summed E-state index contributed by atoms with van der Waals surface area (Å²) in [6, 6.07) is 11.6. The highest BCUT2D eigenvalue weighted by Gasteiger charge is 2.41. The molecule has 2 saturated carbocycles. The van der Waals surface area contributed by atoms with Crippen molar-refractivity contribution in [1.29, 1.82) is 0 Å². The molecule has 2 aliphatic carbocycles. The first-order chi connectivity index (χ1) is 24.1. The first-order valence-corrected chi connectivity index (χ1v) is 19.8. The van der Waals surface area contributed by atoms with Gasteiger partial charge in [0.2, 0.25) is 0 Å². The number of aryl methyl sites for hydroxylation is 1. The van der Waals surface area contributed by atoms with Crippen molar-refractivity contribution >= 4 is 39.0 Å². The number of fused-ring (bicyclic) bond motifs is 5. The summed E-state index contributed by atoms with van der Waals surface area (Å²) in [6.07, 6.45) is 11.9. The monoisotopic (exact) mass is 719 g/mol. The number of anilines is 1. The molecule has 0 radical (unpaired) electrons. The number of amides is 2. The van der Waals surface area contributed by atoms with Crippen LogP contribution in [0.4, 0.5) is 5.69 Å². The molecule has 2 fully saturated rings. The zero-order chi connectivity index (χ0) is 35.0. The topological polar surface area (TPSA) is 115 Å². The van der Waals surface area contributed by atoms with Crippen LogP contribution < -0.4 is 14.4 Å². The van der Waals surface area contributed by atoms with E-state index < -0.39 is 21.7 Å². The number of benzene rings is 2. The number of nitrogens with zero attached hydrogens (tertiary/aromatic N) is 4. The molecule has 1 aromatic heterocycles. The molecule has 2 amide bonds. The first kappa shape index (κ1) is 34.8. The number of aromatic nitrogens is 2. The third-order valence-electron chi connectivity index (χ3n) is 10.8. The second-order valence-electron chi connectivity index (χ2n) is 14.3. The highest BCUT2D eigenvalue weighted by molar-refractivity contribution is 7.92. The van der Waals surface area contributed by atoms with E-state index in [0.717, 1.165) is 42.9 Å². The van der Waals surface area contributed by atoms with Crippen molar-refractivity contribution in [3.8, 4) is 5.75 Å². The minimum atomic E-state index is -3.53. The van der Waals surface area contributed by atoms with Crippen molar-refractivity contribution in [1.82, 2.24) is 14.5 Å². The summed E-state index contributed by atoms with van der Waals surface area (Å²) >= 11 is 6.54. The molecule has 3 aromatic rings. The number of rotatable bonds is 4. The molecule has 266 valence electrons. The predicted octanol–water partition coefficient (Wildman–Crippen LogP) is 7.04. The molecule has 0 spiro atoms. The number of ether oxygens (including phenoxy) is 2. The quantitative estimate of drug-likeness (QED) is 0.288. The minimum absolute atomic E-state index is 0.00227. The maximum atomic E-state index is 14.5. The van der Waals surface area contributed by atoms with E-state index in [1.165, 1.54) is 17.3 Å². The van der Waals surface area contributed by atoms with Gasteiger partial charge in [0, 0.05) is 43.5 Å². The highest BCUT2D eigenvalue weighted by Crippen LogP contribution is 2.52. The molecule has 2 aliphatic heterocycles. The third-order valence-corrected chi connectivity index (χ3v) is 13.0. The lowest BCUT2D eigenvalue weighted by molar-refractivity contribution is 0.0133. The number of hydrogen-bond donors (Lipinski definition) is 1. The van der Waals surface area contributed by atoms with Gasteiger partial charge in [-0.1, -0.05) is 36.7 Å². The van der Waals surface area contributed by atoms with Crippen LogP contribution in [-0.4, -0.2) is 57.9 Å². The number of allylic oxidation sites excluding steroid dienone is 1. The summed E-state index contributed by atoms with van der Waals surface area (Å²) in [5.41, 5.74) is 3.84. The van der Waals surface area contributed by atoms with Gasteiger partial charge in [-0.15, -0.1) is 4.36 Å². The van der Waals surface area contributed by atoms with Gasteiger partial charge in [-0.2, -0.15) is 5.10 Å². The second-order valence-corrected chi connectivity index (χ2v) is 16.8. The Morgan fingerprint density at radius 3 is 2.78 bits per heavy atom. The predicted molar refractivity (Wildman–Crippen MR) is 195 cm³/mol. The number of methoxy groups -OCH3 is 1. The molecule has 7 atom stereocenters. The Bertz CT molecular complexity index is 1920. The number of carbonyl (C=O) groups is 2. The standard InChI is InChI=1S/C38H46ClN5O5S/c1-4-44-22-29(19-40-44)38(46)42-50(47)23-24(2)6-5-7-35(48-3)31-12-9-27(31)20-43-21-28-8-11-30(39)18-33(28)32-16-25(32)14-15-49-36-13-10-26(17-34(36)43)37(45)41-50/h5,7-8,10-11,13,17-19,22,24-25,27,31-32,35H,4,6,9,12,14-16,20-21,23H2,1-3H3,(H,41,42,45,46,47)/b7-5+/t24-,25+,27-,31+,32-,35-,50?/m0/s1. The molecule has 1 N–H and O–H groups in total. The number of carbonyl (C=O) groups excluding carboxylic acids is 2. The van der Waals surface area contributed by atoms with Crippen LogP contribution >= 0.6 is 11.6 Å². The summed E-state index contributed by atoms with van der Waals surface area (Å²) in [6.45, 7) is 6.37. The van der Waals surface area contributed by atoms with Crippen LogP contribution in [0.1, 0.15) is 83.7 Å². The van der Waals surface area contributed by atoms with Crippen molar-refractivity contribution in [2.45, 2.75) is 71.1 Å². The molecule has 10 nitrogen and oxygen atoms in total. The van der Waals surface area contributed by atoms with Crippen LogP contribution in [0.25, 0.3) is 0 Å². The van der Waals surface area contributed by atoms with Gasteiger partial charge >= 0.3 is 0 Å². The molecule has 12 heteroatoms. The molecule has 4 aliphatic rings. The number of halogens is 1. The van der Waals surface area contributed by atoms with E-state index in [1.807, 2.05) is 32.0 Å². The molecule has 0 saturated heterocycles. The van der Waals surface area contributed by atoms with E-state index in [9.17, 15) is 13.8 Å². The van der Waals surface area contributed by atoms with Gasteiger partial charge in [0.1, 0.15) is 15.7 Å². The van der Waals surface area contributed by atoms with Crippen molar-refractivity contribution in [2.75, 3.05) is 30.9 Å². The van der Waals surface area contributed by atoms with Gasteiger partial charge in [0.25, 0.3) is 11.8 Å². The van der Waals surface area contributed by atoms with Crippen LogP contribution in [-0.2, 0) is 27.7 Å². The van der Waals surface area contributed by atoms with Crippen LogP contribution in [0.5, 0.6) is 5.75 Å². The Morgan fingerprint density at radius 1 is 1.16 bits per heavy atom. The fourth-order valence-corrected chi connectivity index (χ4v) is 9.85. The van der Waals surface area contributed by atoms with E-state index in [1.54, 1.807) is 24.1 Å². The fraction of sp³-hybridized carbons (Fsp3) is 0.500. The summed E-state index contributed by atoms with van der Waals surface area (Å²) in [7, 11) is -1.77. The molecular formula is C38H46ClN5O5S. The van der Waals surface area contributed by atoms with E-state index in [2.05, 4.69) is 43.4 Å². The zero-order valence-electron chi connectivity index (χ0n) is 28.9. The van der Waals surface area contributed by atoms with Crippen molar-refractivity contribution < 1.29 is 23.3 Å². The molecule has 1 unspecified atom stereocenters. The van der Waals surface area contributed by atoms with Crippen molar-refractivity contribution in [2.24, 2.45) is 28.0 Å². The van der Waals surface area contributed by atoms with E-state index in [0.29, 0.717) is 55.5 Å². The van der Waals surface area contributed by atoms with Crippen LogP contribution in [0.15, 0.2) is 65.3 Å². The maximum absolute atomic E-state index is 14.5. The van der Waals surface area contributed by atoms with Gasteiger partial charge in [-0.25, -0.2) is 4.21 Å². The Hall–Kier alpha value is -3.67. The number of nitrogens with one attached hydrogen (secondary N) is 1. The normalized spacial score (nSPS) is 30.2. The van der Waals surface area contributed by atoms with E-state index in [4.69, 9.17) is 21.1 Å². The van der Waals surface area contributed by atoms with Gasteiger partial charge in [0.05, 0.1) is 35.9 Å². The lowest BCUT2D eigenvalue weighted by Gasteiger charge is -2.43. The lowest BCUT2D eigenvalue weighted by atomic mass is 9.70. The lowest BCUT2D eigenvalue weighted by Crippen LogP contribution is -2.43. The minimum Gasteiger partial charge on any atom is -0.491 e. The number of hydrogen-bond acceptors (Lipinski definition) is 7. The molecule has 2 aromatic carbocycles. The third kappa shape index (κ3) is 7.50. The Morgan fingerprint density at radius 2 is 2.02 bits per heavy atom. The average molecular weight is 720 g/mol. The molecule has 3 heterocycles. The van der Waals surface area contributed by atoms with Gasteiger partial charge in [-0.3, -0.25) is 19.0 Å². The summed E-state index contributed by atoms with van der Waals surface area (Å²) in [5, 5.41) is 4.91. The summed E-state index contributed by atoms with van der Waals surface area (Å²) in [4.78, 5) is 29.6. The molecule has 50 heavy (non-hydrogen) atoms. The van der Waals surface area contributed by atoms with Crippen molar-refractivity contribution in [3.05, 3.63) is 88.2 Å². The second kappa shape index (κ2) is 14.5. The van der Waals surface area contributed by atoms with Gasteiger partial charge in [0.15, 0.2) is 0 Å². The zero-order valence-corrected chi connectivity index (χ0v) is 30.5. The molecular weight excluding hydrogens is 674 g/mol. The van der Waals surface area contributed by atoms with E-state index >= 15 is 0 Å². The fourth-order valence-electron chi connectivity index (χ4n) is 7.77. The first-order valence-electron chi connectivity index (χ1n) is 17.8. The van der Waals surface area contributed by atoms with E-state index in [-0.39, 0.29) is 28.9 Å². The van der Waals surface area contributed by atoms with Crippen LogP contribution in [0, 0.1) is 23.7 Å². The van der Waals surface area contributed by atoms with Crippen LogP contribution in [0.2, 0.25) is 5.02 Å². The summed E-state index contributed by atoms with van der Waals surface area (Å²) < 4.78 is 35.5. The SMILES string of the molecule is CCn1cc(C(=O)NS2(=O)=NC(=O)c3ccc4c(c3)N(Cc3ccc(Cl)cc3[C@H]3C[C@H]3CCO4)C[C@@H]3CC[C@H]3[C@@H](OC)/C=C/C[C@H](C)C2)cn1. The Kier molecular flexibility index (Phi) is 10.1. The summed E-state index contributed by atoms with van der Waals surface area (Å²) in [5.74, 6) is 1.01. The maximum Gasteiger partial charge on any atom is 0.286 e. The van der Waals surface area contributed by atoms with Gasteiger partial charge in [-0.05, 0) is 110 Å². The van der Waals surface area contributed by atoms with Crippen molar-refractivity contribution in [3.63, 3.8) is 0 Å².